The van der Waals surface area contributed by atoms with Crippen molar-refractivity contribution in [2.24, 2.45) is 5.41 Å². The topological polar surface area (TPSA) is 32.3 Å². The van der Waals surface area contributed by atoms with E-state index in [-0.39, 0.29) is 5.41 Å². The summed E-state index contributed by atoms with van der Waals surface area (Å²) in [4.78, 5) is 14.4. The molecule has 2 aliphatic rings. The third-order valence-corrected chi connectivity index (χ3v) is 4.80. The molecule has 2 fully saturated rings. The lowest BCUT2D eigenvalue weighted by atomic mass is 9.71. The van der Waals surface area contributed by atoms with Gasteiger partial charge in [-0.15, -0.1) is 0 Å². The average Bonchev–Trinajstić information content (AvgIpc) is 2.84. The van der Waals surface area contributed by atoms with E-state index < -0.39 is 0 Å². The zero-order valence-electron chi connectivity index (χ0n) is 12.4. The van der Waals surface area contributed by atoms with Crippen LogP contribution in [-0.2, 0) is 4.79 Å². The first kappa shape index (κ1) is 13.6. The SMILES string of the molecule is CC1(C)CNCC(c2ccccc2)C1N1CCCC1=O. The van der Waals surface area contributed by atoms with Crippen LogP contribution in [0.25, 0.3) is 0 Å². The number of likely N-dealkylation sites (tertiary alicyclic amines) is 1. The quantitative estimate of drug-likeness (QED) is 0.896. The van der Waals surface area contributed by atoms with Gasteiger partial charge in [0.2, 0.25) is 5.91 Å². The van der Waals surface area contributed by atoms with Crippen LogP contribution in [0.2, 0.25) is 0 Å². The highest BCUT2D eigenvalue weighted by Crippen LogP contribution is 2.40. The lowest BCUT2D eigenvalue weighted by molar-refractivity contribution is -0.133. The summed E-state index contributed by atoms with van der Waals surface area (Å²) in [6.45, 7) is 7.43. The summed E-state index contributed by atoms with van der Waals surface area (Å²) in [6, 6.07) is 10.9. The summed E-state index contributed by atoms with van der Waals surface area (Å²) in [7, 11) is 0. The Morgan fingerprint density at radius 1 is 1.25 bits per heavy atom. The van der Waals surface area contributed by atoms with Gasteiger partial charge in [-0.1, -0.05) is 44.2 Å². The van der Waals surface area contributed by atoms with E-state index in [1.807, 2.05) is 0 Å². The number of hydrogen-bond acceptors (Lipinski definition) is 2. The number of piperidine rings is 1. The third kappa shape index (κ3) is 2.35. The molecule has 2 heterocycles. The van der Waals surface area contributed by atoms with Gasteiger partial charge in [-0.25, -0.2) is 0 Å². The van der Waals surface area contributed by atoms with E-state index in [9.17, 15) is 4.79 Å². The maximum Gasteiger partial charge on any atom is 0.222 e. The molecule has 0 aromatic heterocycles. The van der Waals surface area contributed by atoms with Crippen LogP contribution >= 0.6 is 0 Å². The normalized spacial score (nSPS) is 29.7. The third-order valence-electron chi connectivity index (χ3n) is 4.80. The zero-order valence-corrected chi connectivity index (χ0v) is 12.4. The van der Waals surface area contributed by atoms with Crippen molar-refractivity contribution >= 4 is 5.91 Å². The Labute approximate surface area is 121 Å². The maximum absolute atomic E-state index is 12.2. The highest BCUT2D eigenvalue weighted by atomic mass is 16.2. The Hall–Kier alpha value is -1.35. The first-order valence-electron chi connectivity index (χ1n) is 7.65. The molecule has 0 aliphatic carbocycles. The van der Waals surface area contributed by atoms with Crippen LogP contribution in [0.4, 0.5) is 0 Å². The molecule has 1 amide bonds. The van der Waals surface area contributed by atoms with E-state index in [1.54, 1.807) is 0 Å². The minimum atomic E-state index is 0.110. The molecule has 3 heteroatoms. The van der Waals surface area contributed by atoms with E-state index in [2.05, 4.69) is 54.4 Å². The highest BCUT2D eigenvalue weighted by molar-refractivity contribution is 5.78. The molecule has 0 saturated carbocycles. The summed E-state index contributed by atoms with van der Waals surface area (Å²) < 4.78 is 0. The second kappa shape index (κ2) is 5.21. The van der Waals surface area contributed by atoms with E-state index in [4.69, 9.17) is 0 Å². The Bertz CT molecular complexity index is 483. The summed E-state index contributed by atoms with van der Waals surface area (Å²) in [5, 5.41) is 3.55. The lowest BCUT2D eigenvalue weighted by Gasteiger charge is -2.49. The van der Waals surface area contributed by atoms with Gasteiger partial charge in [-0.2, -0.15) is 0 Å². The predicted octanol–water partition coefficient (Wildman–Crippen LogP) is 2.39. The van der Waals surface area contributed by atoms with Crippen LogP contribution in [0.3, 0.4) is 0 Å². The minimum absolute atomic E-state index is 0.110. The molecule has 108 valence electrons. The monoisotopic (exact) mass is 272 g/mol. The summed E-state index contributed by atoms with van der Waals surface area (Å²) in [5.41, 5.74) is 1.45. The van der Waals surface area contributed by atoms with Crippen LogP contribution < -0.4 is 5.32 Å². The number of nitrogens with zero attached hydrogens (tertiary/aromatic N) is 1. The maximum atomic E-state index is 12.2. The van der Waals surface area contributed by atoms with Gasteiger partial charge in [-0.05, 0) is 17.4 Å². The van der Waals surface area contributed by atoms with Crippen LogP contribution in [0.5, 0.6) is 0 Å². The van der Waals surface area contributed by atoms with Gasteiger partial charge in [0, 0.05) is 38.0 Å². The van der Waals surface area contributed by atoms with E-state index >= 15 is 0 Å². The van der Waals surface area contributed by atoms with E-state index in [0.29, 0.717) is 17.9 Å². The molecule has 0 radical (unpaired) electrons. The first-order chi connectivity index (χ1) is 9.59. The number of nitrogens with one attached hydrogen (secondary N) is 1. The number of benzene rings is 1. The largest absolute Gasteiger partial charge is 0.338 e. The molecule has 20 heavy (non-hydrogen) atoms. The van der Waals surface area contributed by atoms with Crippen LogP contribution in [0.15, 0.2) is 30.3 Å². The number of carbonyl (C=O) groups excluding carboxylic acids is 1. The fourth-order valence-corrected chi connectivity index (χ4v) is 3.91. The van der Waals surface area contributed by atoms with E-state index in [0.717, 1.165) is 32.5 Å². The molecule has 0 bridgehead atoms. The van der Waals surface area contributed by atoms with Crippen molar-refractivity contribution in [3.8, 4) is 0 Å². The Kier molecular flexibility index (Phi) is 3.55. The smallest absolute Gasteiger partial charge is 0.222 e. The average molecular weight is 272 g/mol. The molecule has 1 N–H and O–H groups in total. The van der Waals surface area contributed by atoms with Crippen molar-refractivity contribution in [2.75, 3.05) is 19.6 Å². The standard InChI is InChI=1S/C17H24N2O/c1-17(2)12-18-11-14(13-7-4-3-5-8-13)16(17)19-10-6-9-15(19)20/h3-5,7-8,14,16,18H,6,9-12H2,1-2H3. The van der Waals surface area contributed by atoms with Gasteiger partial charge < -0.3 is 10.2 Å². The molecule has 2 aliphatic heterocycles. The predicted molar refractivity (Wildman–Crippen MR) is 80.6 cm³/mol. The van der Waals surface area contributed by atoms with Crippen molar-refractivity contribution in [3.05, 3.63) is 35.9 Å². The summed E-state index contributed by atoms with van der Waals surface area (Å²) in [6.07, 6.45) is 1.74. The zero-order chi connectivity index (χ0) is 14.2. The molecule has 2 saturated heterocycles. The lowest BCUT2D eigenvalue weighted by Crippen LogP contribution is -2.58. The fourth-order valence-electron chi connectivity index (χ4n) is 3.91. The molecule has 0 spiro atoms. The van der Waals surface area contributed by atoms with Crippen molar-refractivity contribution in [1.82, 2.24) is 10.2 Å². The van der Waals surface area contributed by atoms with E-state index in [1.165, 1.54) is 5.56 Å². The van der Waals surface area contributed by atoms with Crippen molar-refractivity contribution in [3.63, 3.8) is 0 Å². The molecule has 1 aromatic carbocycles. The van der Waals surface area contributed by atoms with Crippen LogP contribution in [-0.4, -0.2) is 36.5 Å². The van der Waals surface area contributed by atoms with Gasteiger partial charge in [0.1, 0.15) is 0 Å². The summed E-state index contributed by atoms with van der Waals surface area (Å²) in [5.74, 6) is 0.730. The second-order valence-electron chi connectivity index (χ2n) is 6.77. The Morgan fingerprint density at radius 3 is 2.65 bits per heavy atom. The van der Waals surface area contributed by atoms with Gasteiger partial charge in [-0.3, -0.25) is 4.79 Å². The fraction of sp³-hybridized carbons (Fsp3) is 0.588. The highest BCUT2D eigenvalue weighted by Gasteiger charge is 2.45. The molecule has 3 rings (SSSR count). The first-order valence-corrected chi connectivity index (χ1v) is 7.65. The van der Waals surface area contributed by atoms with Crippen molar-refractivity contribution in [1.29, 1.82) is 0 Å². The molecular formula is C17H24N2O. The summed E-state index contributed by atoms with van der Waals surface area (Å²) >= 11 is 0. The Morgan fingerprint density at radius 2 is 2.00 bits per heavy atom. The van der Waals surface area contributed by atoms with Crippen LogP contribution in [0.1, 0.15) is 38.2 Å². The van der Waals surface area contributed by atoms with Gasteiger partial charge >= 0.3 is 0 Å². The number of carbonyl (C=O) groups is 1. The minimum Gasteiger partial charge on any atom is -0.338 e. The van der Waals surface area contributed by atoms with Crippen LogP contribution in [0, 0.1) is 5.41 Å². The molecular weight excluding hydrogens is 248 g/mol. The van der Waals surface area contributed by atoms with Gasteiger partial charge in [0.15, 0.2) is 0 Å². The molecule has 2 unspecified atom stereocenters. The molecule has 1 aromatic rings. The van der Waals surface area contributed by atoms with Crippen molar-refractivity contribution in [2.45, 2.75) is 38.6 Å². The Balaban J connectivity index is 1.96. The number of rotatable bonds is 2. The molecule has 2 atom stereocenters. The van der Waals surface area contributed by atoms with Crippen molar-refractivity contribution < 1.29 is 4.79 Å². The number of amides is 1. The number of hydrogen-bond donors (Lipinski definition) is 1. The van der Waals surface area contributed by atoms with Gasteiger partial charge in [0.05, 0.1) is 0 Å². The molecule has 3 nitrogen and oxygen atoms in total. The second-order valence-corrected chi connectivity index (χ2v) is 6.77. The van der Waals surface area contributed by atoms with Gasteiger partial charge in [0.25, 0.3) is 0 Å².